The third-order valence-electron chi connectivity index (χ3n) is 4.40. The van der Waals surface area contributed by atoms with E-state index in [9.17, 15) is 14.4 Å². The zero-order valence-electron chi connectivity index (χ0n) is 16.1. The van der Waals surface area contributed by atoms with E-state index in [0.29, 0.717) is 27.4 Å². The Bertz CT molecular complexity index is 1070. The molecule has 1 aromatic carbocycles. The first-order valence-corrected chi connectivity index (χ1v) is 10.5. The highest BCUT2D eigenvalue weighted by Crippen LogP contribution is 2.29. The van der Waals surface area contributed by atoms with Crippen molar-refractivity contribution in [2.45, 2.75) is 24.7 Å². The number of amides is 1. The Morgan fingerprint density at radius 1 is 1.31 bits per heavy atom. The van der Waals surface area contributed by atoms with Gasteiger partial charge in [0.1, 0.15) is 17.7 Å². The summed E-state index contributed by atoms with van der Waals surface area (Å²) in [6.45, 7) is 4.16. The Labute approximate surface area is 176 Å². The van der Waals surface area contributed by atoms with Crippen molar-refractivity contribution in [2.24, 2.45) is 0 Å². The molecule has 1 amide bonds. The predicted molar refractivity (Wildman–Crippen MR) is 113 cm³/mol. The Morgan fingerprint density at radius 2 is 2.03 bits per heavy atom. The van der Waals surface area contributed by atoms with Crippen molar-refractivity contribution in [1.29, 1.82) is 5.26 Å². The van der Waals surface area contributed by atoms with Crippen LogP contribution in [0.15, 0.2) is 28.6 Å². The van der Waals surface area contributed by atoms with E-state index >= 15 is 0 Å². The molecule has 0 saturated heterocycles. The number of nitrogens with zero attached hydrogens (tertiary/aromatic N) is 4. The lowest BCUT2D eigenvalue weighted by Crippen LogP contribution is -2.18. The van der Waals surface area contributed by atoms with Crippen LogP contribution in [0.2, 0.25) is 0 Å². The van der Waals surface area contributed by atoms with Crippen LogP contribution in [0.3, 0.4) is 0 Å². The molecule has 3 rings (SSSR count). The number of thioether (sulfide) groups is 1. The minimum atomic E-state index is -0.310. The number of hydrogen-bond donors (Lipinski definition) is 2. The van der Waals surface area contributed by atoms with Crippen molar-refractivity contribution >= 4 is 40.0 Å². The van der Waals surface area contributed by atoms with Gasteiger partial charge < -0.3 is 15.2 Å². The molecule has 2 aromatic heterocycles. The van der Waals surface area contributed by atoms with Crippen LogP contribution in [-0.4, -0.2) is 33.5 Å². The van der Waals surface area contributed by atoms with Gasteiger partial charge in [0.2, 0.25) is 11.0 Å². The van der Waals surface area contributed by atoms with Crippen LogP contribution in [0.25, 0.3) is 0 Å². The van der Waals surface area contributed by atoms with E-state index in [1.165, 1.54) is 35.2 Å². The van der Waals surface area contributed by atoms with Gasteiger partial charge in [-0.05, 0) is 37.1 Å². The van der Waals surface area contributed by atoms with Crippen LogP contribution >= 0.6 is 23.1 Å². The number of nitriles is 1. The zero-order valence-corrected chi connectivity index (χ0v) is 17.7. The average Bonchev–Trinajstić information content (AvgIpc) is 3.26. The molecule has 2 N–H and O–H groups in total. The monoisotopic (exact) mass is 430 g/mol. The van der Waals surface area contributed by atoms with E-state index in [1.807, 2.05) is 18.4 Å². The first kappa shape index (κ1) is 20.8. The van der Waals surface area contributed by atoms with Crippen LogP contribution < -0.4 is 10.6 Å². The molecular weight excluding hydrogens is 411 g/mol. The first-order chi connectivity index (χ1) is 13.9. The second-order valence-corrected chi connectivity index (χ2v) is 8.42. The first-order valence-electron chi connectivity index (χ1n) is 8.71. The lowest BCUT2D eigenvalue weighted by atomic mass is 10.2. The fourth-order valence-corrected chi connectivity index (χ4v) is 4.27. The van der Waals surface area contributed by atoms with Crippen molar-refractivity contribution in [1.82, 2.24) is 14.8 Å². The molecule has 0 fully saturated rings. The number of anilines is 2. The van der Waals surface area contributed by atoms with Gasteiger partial charge in [-0.3, -0.25) is 4.79 Å². The maximum absolute atomic E-state index is 13.2. The molecule has 0 aliphatic rings. The SMILES string of the molecule is CNc1nnc(SCC(=O)Nc2c(C#N)c(C)c(C)n2Cc2ccc(F)cc2)s1. The summed E-state index contributed by atoms with van der Waals surface area (Å²) >= 11 is 2.64. The van der Waals surface area contributed by atoms with Gasteiger partial charge in [-0.1, -0.05) is 35.2 Å². The number of halogens is 1. The van der Waals surface area contributed by atoms with E-state index in [-0.39, 0.29) is 17.5 Å². The van der Waals surface area contributed by atoms with E-state index < -0.39 is 0 Å². The molecule has 7 nitrogen and oxygen atoms in total. The normalized spacial score (nSPS) is 10.6. The highest BCUT2D eigenvalue weighted by atomic mass is 32.2. The van der Waals surface area contributed by atoms with Crippen LogP contribution in [0, 0.1) is 31.0 Å². The van der Waals surface area contributed by atoms with Crippen molar-refractivity contribution < 1.29 is 9.18 Å². The average molecular weight is 431 g/mol. The van der Waals surface area contributed by atoms with E-state index in [2.05, 4.69) is 26.9 Å². The van der Waals surface area contributed by atoms with Gasteiger partial charge >= 0.3 is 0 Å². The number of carbonyl (C=O) groups is 1. The molecule has 2 heterocycles. The third-order valence-corrected chi connectivity index (χ3v) is 6.47. The van der Waals surface area contributed by atoms with E-state index in [4.69, 9.17) is 0 Å². The Kier molecular flexibility index (Phi) is 6.51. The maximum Gasteiger partial charge on any atom is 0.235 e. The highest BCUT2D eigenvalue weighted by molar-refractivity contribution is 8.01. The summed E-state index contributed by atoms with van der Waals surface area (Å²) in [6.07, 6.45) is 0. The minimum Gasteiger partial charge on any atom is -0.363 e. The molecule has 0 aliphatic carbocycles. The van der Waals surface area contributed by atoms with Gasteiger partial charge in [0.05, 0.1) is 11.3 Å². The lowest BCUT2D eigenvalue weighted by Gasteiger charge is -2.13. The summed E-state index contributed by atoms with van der Waals surface area (Å²) in [7, 11) is 1.75. The van der Waals surface area contributed by atoms with E-state index in [0.717, 1.165) is 16.8 Å². The number of carbonyl (C=O) groups excluding carboxylic acids is 1. The van der Waals surface area contributed by atoms with E-state index in [1.54, 1.807) is 19.2 Å². The topological polar surface area (TPSA) is 95.6 Å². The molecule has 0 unspecified atom stereocenters. The fraction of sp³-hybridized carbons (Fsp3) is 0.263. The summed E-state index contributed by atoms with van der Waals surface area (Å²) < 4.78 is 15.8. The van der Waals surface area contributed by atoms with Gasteiger partial charge in [-0.15, -0.1) is 10.2 Å². The van der Waals surface area contributed by atoms with Crippen molar-refractivity contribution in [3.8, 4) is 6.07 Å². The summed E-state index contributed by atoms with van der Waals surface area (Å²) in [6, 6.07) is 8.34. The minimum absolute atomic E-state index is 0.142. The number of benzene rings is 1. The molecule has 29 heavy (non-hydrogen) atoms. The van der Waals surface area contributed by atoms with Gasteiger partial charge in [0.25, 0.3) is 0 Å². The lowest BCUT2D eigenvalue weighted by molar-refractivity contribution is -0.113. The molecule has 0 spiro atoms. The highest BCUT2D eigenvalue weighted by Gasteiger charge is 2.20. The number of rotatable bonds is 7. The molecule has 0 atom stereocenters. The maximum atomic E-state index is 13.2. The Balaban J connectivity index is 1.79. The molecule has 0 radical (unpaired) electrons. The number of nitrogens with one attached hydrogen (secondary N) is 2. The van der Waals surface area contributed by atoms with Crippen LogP contribution in [0.5, 0.6) is 0 Å². The zero-order chi connectivity index (χ0) is 21.0. The van der Waals surface area contributed by atoms with Crippen molar-refractivity contribution in [3.63, 3.8) is 0 Å². The quantitative estimate of drug-likeness (QED) is 0.554. The molecular formula is C19H19FN6OS2. The molecule has 0 saturated carbocycles. The summed E-state index contributed by atoms with van der Waals surface area (Å²) in [5.41, 5.74) is 2.97. The molecule has 0 aliphatic heterocycles. The molecule has 0 bridgehead atoms. The van der Waals surface area contributed by atoms with Crippen molar-refractivity contribution in [2.75, 3.05) is 23.4 Å². The van der Waals surface area contributed by atoms with Gasteiger partial charge in [-0.25, -0.2) is 4.39 Å². The predicted octanol–water partition coefficient (Wildman–Crippen LogP) is 3.79. The van der Waals surface area contributed by atoms with Crippen molar-refractivity contribution in [3.05, 3.63) is 52.5 Å². The second kappa shape index (κ2) is 9.07. The number of aromatic nitrogens is 3. The fourth-order valence-electron chi connectivity index (χ4n) is 2.76. The molecule has 10 heteroatoms. The summed E-state index contributed by atoms with van der Waals surface area (Å²) in [5.74, 6) is 0.0370. The smallest absolute Gasteiger partial charge is 0.235 e. The Hall–Kier alpha value is -2.90. The number of hydrogen-bond acceptors (Lipinski definition) is 7. The standard InChI is InChI=1S/C19H19FN6OS2/c1-11-12(2)26(9-13-4-6-14(20)7-5-13)17(15(11)8-21)23-16(27)10-28-19-25-24-18(22-3)29-19/h4-7H,9-10H2,1-3H3,(H,22,24)(H,23,27). The van der Waals surface area contributed by atoms with Crippen LogP contribution in [-0.2, 0) is 11.3 Å². The van der Waals surface area contributed by atoms with Gasteiger partial charge in [0.15, 0.2) is 4.34 Å². The second-order valence-electron chi connectivity index (χ2n) is 6.22. The largest absolute Gasteiger partial charge is 0.363 e. The van der Waals surface area contributed by atoms with Crippen LogP contribution in [0.4, 0.5) is 15.3 Å². The van der Waals surface area contributed by atoms with Gasteiger partial charge in [0, 0.05) is 19.3 Å². The molecule has 150 valence electrons. The summed E-state index contributed by atoms with van der Waals surface area (Å²) in [5, 5.41) is 24.0. The van der Waals surface area contributed by atoms with Crippen LogP contribution in [0.1, 0.15) is 22.4 Å². The third kappa shape index (κ3) is 4.75. The molecule has 3 aromatic rings. The van der Waals surface area contributed by atoms with Gasteiger partial charge in [-0.2, -0.15) is 5.26 Å². The Morgan fingerprint density at radius 3 is 2.66 bits per heavy atom. The summed E-state index contributed by atoms with van der Waals surface area (Å²) in [4.78, 5) is 12.5.